The van der Waals surface area contributed by atoms with E-state index in [1.165, 1.54) is 0 Å². The number of halogens is 3. The van der Waals surface area contributed by atoms with Crippen molar-refractivity contribution in [3.8, 4) is 0 Å². The van der Waals surface area contributed by atoms with E-state index in [2.05, 4.69) is 5.32 Å². The maximum Gasteiger partial charge on any atom is 0.288 e. The summed E-state index contributed by atoms with van der Waals surface area (Å²) < 4.78 is 25.0. The van der Waals surface area contributed by atoms with Crippen LogP contribution in [0.3, 0.4) is 0 Å². The lowest BCUT2D eigenvalue weighted by molar-refractivity contribution is -0.117. The molecule has 3 nitrogen and oxygen atoms in total. The molecule has 3 N–H and O–H groups in total. The van der Waals surface area contributed by atoms with E-state index in [9.17, 15) is 13.6 Å². The Morgan fingerprint density at radius 1 is 1.32 bits per heavy atom. The normalized spacial score (nSPS) is 21.3. The van der Waals surface area contributed by atoms with Crippen LogP contribution in [0.15, 0.2) is 29.2 Å². The van der Waals surface area contributed by atoms with Gasteiger partial charge in [0.1, 0.15) is 0 Å². The zero-order valence-electron chi connectivity index (χ0n) is 12.1. The fraction of sp³-hybridized carbons (Fsp3) is 0.533. The Bertz CT molecular complexity index is 490. The Morgan fingerprint density at radius 2 is 2.00 bits per heavy atom. The number of nitrogens with one attached hydrogen (secondary N) is 1. The van der Waals surface area contributed by atoms with Gasteiger partial charge in [0.05, 0.1) is 5.69 Å². The van der Waals surface area contributed by atoms with E-state index in [0.717, 1.165) is 25.7 Å². The molecule has 1 aliphatic carbocycles. The van der Waals surface area contributed by atoms with Crippen LogP contribution in [0.2, 0.25) is 0 Å². The first-order valence-electron chi connectivity index (χ1n) is 7.15. The summed E-state index contributed by atoms with van der Waals surface area (Å²) in [6, 6.07) is 6.69. The summed E-state index contributed by atoms with van der Waals surface area (Å²) >= 11 is 0.441. The van der Waals surface area contributed by atoms with Crippen LogP contribution in [0.25, 0.3) is 0 Å². The number of carbonyl (C=O) groups is 1. The van der Waals surface area contributed by atoms with Gasteiger partial charge in [-0.05, 0) is 30.9 Å². The van der Waals surface area contributed by atoms with Crippen molar-refractivity contribution in [3.05, 3.63) is 24.3 Å². The standard InChI is InChI=1S/C15H20F2N2OS.ClH/c16-15(17)21-13-8-4-3-7-12(13)19-14(20)9-10-5-1-2-6-11(10)18;/h3-4,7-8,10-11,15H,1-2,5-6,9,18H2,(H,19,20);1H. The second-order valence-corrected chi connectivity index (χ2v) is 6.37. The molecule has 1 aliphatic rings. The van der Waals surface area contributed by atoms with Crippen molar-refractivity contribution in [1.82, 2.24) is 0 Å². The van der Waals surface area contributed by atoms with E-state index in [1.807, 2.05) is 0 Å². The molecule has 124 valence electrons. The third-order valence-electron chi connectivity index (χ3n) is 3.79. The topological polar surface area (TPSA) is 55.1 Å². The maximum atomic E-state index is 12.5. The number of thioether (sulfide) groups is 1. The third-order valence-corrected chi connectivity index (χ3v) is 4.58. The molecule has 22 heavy (non-hydrogen) atoms. The lowest BCUT2D eigenvalue weighted by Gasteiger charge is -2.28. The highest BCUT2D eigenvalue weighted by Crippen LogP contribution is 2.32. The Kier molecular flexibility index (Phi) is 8.14. The van der Waals surface area contributed by atoms with Crippen molar-refractivity contribution in [2.24, 2.45) is 11.7 Å². The van der Waals surface area contributed by atoms with Gasteiger partial charge >= 0.3 is 0 Å². The highest BCUT2D eigenvalue weighted by Gasteiger charge is 2.24. The van der Waals surface area contributed by atoms with Crippen molar-refractivity contribution in [3.63, 3.8) is 0 Å². The molecule has 0 radical (unpaired) electrons. The van der Waals surface area contributed by atoms with Crippen LogP contribution in [0.5, 0.6) is 0 Å². The number of amides is 1. The van der Waals surface area contributed by atoms with Crippen molar-refractivity contribution in [2.45, 2.75) is 48.8 Å². The van der Waals surface area contributed by atoms with E-state index in [4.69, 9.17) is 5.73 Å². The van der Waals surface area contributed by atoms with Gasteiger partial charge < -0.3 is 11.1 Å². The molecule has 0 saturated heterocycles. The monoisotopic (exact) mass is 350 g/mol. The molecular formula is C15H21ClF2N2OS. The minimum absolute atomic E-state index is 0. The first-order chi connectivity index (χ1) is 10.1. The van der Waals surface area contributed by atoms with Crippen LogP contribution in [-0.4, -0.2) is 17.7 Å². The Balaban J connectivity index is 0.00000242. The van der Waals surface area contributed by atoms with E-state index in [-0.39, 0.29) is 30.3 Å². The van der Waals surface area contributed by atoms with E-state index in [0.29, 0.717) is 28.8 Å². The summed E-state index contributed by atoms with van der Waals surface area (Å²) in [4.78, 5) is 12.5. The molecule has 2 atom stereocenters. The maximum absolute atomic E-state index is 12.5. The van der Waals surface area contributed by atoms with Gasteiger partial charge in [0.15, 0.2) is 0 Å². The quantitative estimate of drug-likeness (QED) is 0.780. The fourth-order valence-corrected chi connectivity index (χ4v) is 3.29. The van der Waals surface area contributed by atoms with Gasteiger partial charge in [0.25, 0.3) is 5.76 Å². The van der Waals surface area contributed by atoms with Gasteiger partial charge in [-0.2, -0.15) is 8.78 Å². The van der Waals surface area contributed by atoms with E-state index >= 15 is 0 Å². The third kappa shape index (κ3) is 5.74. The van der Waals surface area contributed by atoms with Gasteiger partial charge in [-0.15, -0.1) is 12.4 Å². The average Bonchev–Trinajstić information content (AvgIpc) is 2.43. The molecule has 0 heterocycles. The smallest absolute Gasteiger partial charge is 0.288 e. The van der Waals surface area contributed by atoms with Gasteiger partial charge in [-0.25, -0.2) is 0 Å². The van der Waals surface area contributed by atoms with Gasteiger partial charge in [-0.1, -0.05) is 36.7 Å². The van der Waals surface area contributed by atoms with E-state index in [1.54, 1.807) is 24.3 Å². The zero-order chi connectivity index (χ0) is 15.2. The number of carbonyl (C=O) groups excluding carboxylic acids is 1. The van der Waals surface area contributed by atoms with Crippen LogP contribution in [0, 0.1) is 5.92 Å². The predicted molar refractivity (Wildman–Crippen MR) is 88.7 cm³/mol. The van der Waals surface area contributed by atoms with Gasteiger partial charge in [0.2, 0.25) is 5.91 Å². The minimum Gasteiger partial charge on any atom is -0.327 e. The number of alkyl halides is 2. The summed E-state index contributed by atoms with van der Waals surface area (Å²) in [5.41, 5.74) is 6.48. The van der Waals surface area contributed by atoms with Crippen molar-refractivity contribution in [2.75, 3.05) is 5.32 Å². The number of hydrogen-bond donors (Lipinski definition) is 2. The minimum atomic E-state index is -2.50. The molecule has 1 fully saturated rings. The number of rotatable bonds is 5. The molecule has 0 spiro atoms. The largest absolute Gasteiger partial charge is 0.327 e. The van der Waals surface area contributed by atoms with Crippen LogP contribution in [-0.2, 0) is 4.79 Å². The number of benzene rings is 1. The highest BCUT2D eigenvalue weighted by atomic mass is 35.5. The lowest BCUT2D eigenvalue weighted by atomic mass is 9.83. The van der Waals surface area contributed by atoms with Crippen LogP contribution < -0.4 is 11.1 Å². The molecule has 2 rings (SSSR count). The fourth-order valence-electron chi connectivity index (χ4n) is 2.70. The second-order valence-electron chi connectivity index (χ2n) is 5.34. The second kappa shape index (κ2) is 9.33. The molecular weight excluding hydrogens is 330 g/mol. The number of para-hydroxylation sites is 1. The molecule has 1 aromatic carbocycles. The molecule has 1 saturated carbocycles. The van der Waals surface area contributed by atoms with Crippen molar-refractivity contribution < 1.29 is 13.6 Å². The molecule has 0 aromatic heterocycles. The summed E-state index contributed by atoms with van der Waals surface area (Å²) in [5.74, 6) is -2.47. The average molecular weight is 351 g/mol. The summed E-state index contributed by atoms with van der Waals surface area (Å²) in [6.45, 7) is 0. The molecule has 1 amide bonds. The Morgan fingerprint density at radius 3 is 2.68 bits per heavy atom. The van der Waals surface area contributed by atoms with Crippen LogP contribution >= 0.6 is 24.2 Å². The zero-order valence-corrected chi connectivity index (χ0v) is 13.8. The van der Waals surface area contributed by atoms with Crippen molar-refractivity contribution >= 4 is 35.8 Å². The lowest BCUT2D eigenvalue weighted by Crippen LogP contribution is -2.35. The number of nitrogens with two attached hydrogens (primary N) is 1. The van der Waals surface area contributed by atoms with Gasteiger partial charge in [0, 0.05) is 17.4 Å². The predicted octanol–water partition coefficient (Wildman–Crippen LogP) is 4.27. The first-order valence-corrected chi connectivity index (χ1v) is 8.03. The first kappa shape index (κ1) is 19.2. The molecule has 2 unspecified atom stereocenters. The number of anilines is 1. The Labute approximate surface area is 139 Å². The molecule has 0 aliphatic heterocycles. The van der Waals surface area contributed by atoms with Crippen molar-refractivity contribution in [1.29, 1.82) is 0 Å². The number of hydrogen-bond acceptors (Lipinski definition) is 3. The van der Waals surface area contributed by atoms with Crippen LogP contribution in [0.1, 0.15) is 32.1 Å². The molecule has 0 bridgehead atoms. The SMILES string of the molecule is Cl.NC1CCCCC1CC(=O)Nc1ccccc1SC(F)F. The molecule has 7 heteroatoms. The van der Waals surface area contributed by atoms with E-state index < -0.39 is 5.76 Å². The van der Waals surface area contributed by atoms with Crippen LogP contribution in [0.4, 0.5) is 14.5 Å². The van der Waals surface area contributed by atoms with Gasteiger partial charge in [-0.3, -0.25) is 4.79 Å². The highest BCUT2D eigenvalue weighted by molar-refractivity contribution is 7.99. The summed E-state index contributed by atoms with van der Waals surface area (Å²) in [6.07, 6.45) is 4.49. The summed E-state index contributed by atoms with van der Waals surface area (Å²) in [7, 11) is 0. The summed E-state index contributed by atoms with van der Waals surface area (Å²) in [5, 5.41) is 2.74. The Hall–Kier alpha value is -0.850. The molecule has 1 aromatic rings.